The van der Waals surface area contributed by atoms with E-state index in [1.165, 1.54) is 0 Å². The summed E-state index contributed by atoms with van der Waals surface area (Å²) in [7, 11) is -2.98. The van der Waals surface area contributed by atoms with E-state index in [1.54, 1.807) is 10.9 Å². The minimum atomic E-state index is -2.98. The topological polar surface area (TPSA) is 81.1 Å². The Labute approximate surface area is 129 Å². The molecular formula is C15H17N3O3S. The van der Waals surface area contributed by atoms with E-state index in [4.69, 9.17) is 0 Å². The van der Waals surface area contributed by atoms with Crippen LogP contribution < -0.4 is 5.32 Å². The second-order valence-electron chi connectivity index (χ2n) is 5.43. The molecule has 1 atom stereocenters. The van der Waals surface area contributed by atoms with Gasteiger partial charge in [-0.25, -0.2) is 8.42 Å². The molecule has 0 unspecified atom stereocenters. The quantitative estimate of drug-likeness (QED) is 0.906. The number of rotatable bonds is 4. The smallest absolute Gasteiger partial charge is 0.241 e. The summed E-state index contributed by atoms with van der Waals surface area (Å²) in [6.45, 7) is 0.0867. The monoisotopic (exact) mass is 319 g/mol. The average molecular weight is 319 g/mol. The second-order valence-corrected chi connectivity index (χ2v) is 7.66. The van der Waals surface area contributed by atoms with Crippen molar-refractivity contribution in [3.05, 3.63) is 42.6 Å². The van der Waals surface area contributed by atoms with Crippen LogP contribution in [0, 0.1) is 0 Å². The van der Waals surface area contributed by atoms with Crippen LogP contribution in [0.5, 0.6) is 0 Å². The third-order valence-corrected chi connectivity index (χ3v) is 5.38. The van der Waals surface area contributed by atoms with E-state index in [9.17, 15) is 13.2 Å². The van der Waals surface area contributed by atoms with Gasteiger partial charge in [0.15, 0.2) is 9.84 Å². The Bertz CT molecular complexity index is 768. The Morgan fingerprint density at radius 1 is 1.27 bits per heavy atom. The van der Waals surface area contributed by atoms with E-state index >= 15 is 0 Å². The number of amides is 1. The van der Waals surface area contributed by atoms with Crippen LogP contribution in [0.2, 0.25) is 0 Å². The first-order valence-corrected chi connectivity index (χ1v) is 8.93. The van der Waals surface area contributed by atoms with Crippen LogP contribution in [0.3, 0.4) is 0 Å². The van der Waals surface area contributed by atoms with Gasteiger partial charge in [-0.05, 0) is 12.5 Å². The molecule has 1 saturated heterocycles. The fourth-order valence-electron chi connectivity index (χ4n) is 2.54. The molecule has 0 spiro atoms. The molecule has 1 amide bonds. The molecule has 1 fully saturated rings. The number of benzene rings is 1. The predicted octanol–water partition coefficient (Wildman–Crippen LogP) is 0.853. The second kappa shape index (κ2) is 5.92. The minimum Gasteiger partial charge on any atom is -0.351 e. The van der Waals surface area contributed by atoms with E-state index in [2.05, 4.69) is 10.4 Å². The zero-order chi connectivity index (χ0) is 15.6. The van der Waals surface area contributed by atoms with E-state index in [0.29, 0.717) is 6.42 Å². The van der Waals surface area contributed by atoms with Crippen LogP contribution in [0.1, 0.15) is 6.42 Å². The van der Waals surface area contributed by atoms with Crippen molar-refractivity contribution in [1.82, 2.24) is 15.1 Å². The van der Waals surface area contributed by atoms with E-state index in [0.717, 1.165) is 11.3 Å². The summed E-state index contributed by atoms with van der Waals surface area (Å²) in [6, 6.07) is 11.3. The van der Waals surface area contributed by atoms with Crippen LogP contribution in [-0.4, -0.2) is 41.7 Å². The van der Waals surface area contributed by atoms with E-state index in [-0.39, 0.29) is 30.0 Å². The molecule has 6 nitrogen and oxygen atoms in total. The van der Waals surface area contributed by atoms with Gasteiger partial charge >= 0.3 is 0 Å². The highest BCUT2D eigenvalue weighted by atomic mass is 32.2. The van der Waals surface area contributed by atoms with Crippen molar-refractivity contribution < 1.29 is 13.2 Å². The van der Waals surface area contributed by atoms with Gasteiger partial charge in [0.2, 0.25) is 5.91 Å². The number of carbonyl (C=O) groups excluding carboxylic acids is 1. The Hall–Kier alpha value is -2.15. The van der Waals surface area contributed by atoms with E-state index < -0.39 is 9.84 Å². The fourth-order valence-corrected chi connectivity index (χ4v) is 4.22. The zero-order valence-electron chi connectivity index (χ0n) is 12.0. The van der Waals surface area contributed by atoms with Crippen molar-refractivity contribution in [2.75, 3.05) is 11.5 Å². The summed E-state index contributed by atoms with van der Waals surface area (Å²) in [5, 5.41) is 7.11. The molecule has 1 aromatic carbocycles. The standard InChI is InChI=1S/C15H17N3O3S/c19-15(16-13-7-9-22(20,21)11-13)10-18-8-6-14(17-18)12-4-2-1-3-5-12/h1-6,8,13H,7,9-11H2,(H,16,19)/t13-/m1/s1. The molecule has 0 aliphatic carbocycles. The summed E-state index contributed by atoms with van der Waals surface area (Å²) >= 11 is 0. The molecule has 116 valence electrons. The lowest BCUT2D eigenvalue weighted by Crippen LogP contribution is -2.37. The highest BCUT2D eigenvalue weighted by Gasteiger charge is 2.28. The van der Waals surface area contributed by atoms with Crippen molar-refractivity contribution in [2.45, 2.75) is 19.0 Å². The third kappa shape index (κ3) is 3.54. The lowest BCUT2D eigenvalue weighted by atomic mass is 10.2. The van der Waals surface area contributed by atoms with Crippen molar-refractivity contribution >= 4 is 15.7 Å². The zero-order valence-corrected chi connectivity index (χ0v) is 12.8. The average Bonchev–Trinajstić information content (AvgIpc) is 3.06. The van der Waals surface area contributed by atoms with Crippen molar-refractivity contribution in [2.24, 2.45) is 0 Å². The largest absolute Gasteiger partial charge is 0.351 e. The number of sulfone groups is 1. The van der Waals surface area contributed by atoms with Crippen molar-refractivity contribution in [3.63, 3.8) is 0 Å². The SMILES string of the molecule is O=C(Cn1ccc(-c2ccccc2)n1)N[C@@H]1CCS(=O)(=O)C1. The van der Waals surface area contributed by atoms with E-state index in [1.807, 2.05) is 36.4 Å². The number of nitrogens with zero attached hydrogens (tertiary/aromatic N) is 2. The van der Waals surface area contributed by atoms with Crippen molar-refractivity contribution in [1.29, 1.82) is 0 Å². The highest BCUT2D eigenvalue weighted by molar-refractivity contribution is 7.91. The molecule has 2 aromatic rings. The summed E-state index contributed by atoms with van der Waals surface area (Å²) in [5.41, 5.74) is 1.79. The molecule has 7 heteroatoms. The predicted molar refractivity (Wildman–Crippen MR) is 82.9 cm³/mol. The molecule has 2 heterocycles. The first-order chi connectivity index (χ1) is 10.5. The Morgan fingerprint density at radius 2 is 2.05 bits per heavy atom. The van der Waals surface area contributed by atoms with Crippen LogP contribution in [0.25, 0.3) is 11.3 Å². The molecule has 1 aliphatic rings. The Balaban J connectivity index is 1.60. The Morgan fingerprint density at radius 3 is 2.73 bits per heavy atom. The molecule has 22 heavy (non-hydrogen) atoms. The number of nitrogens with one attached hydrogen (secondary N) is 1. The van der Waals surface area contributed by atoms with Crippen LogP contribution >= 0.6 is 0 Å². The molecule has 1 N–H and O–H groups in total. The molecule has 0 saturated carbocycles. The third-order valence-electron chi connectivity index (χ3n) is 3.61. The van der Waals surface area contributed by atoms with Crippen LogP contribution in [-0.2, 0) is 21.2 Å². The maximum absolute atomic E-state index is 12.0. The minimum absolute atomic E-state index is 0.0348. The Kier molecular flexibility index (Phi) is 3.98. The molecule has 0 bridgehead atoms. The van der Waals surface area contributed by atoms with Crippen LogP contribution in [0.15, 0.2) is 42.6 Å². The molecule has 1 aromatic heterocycles. The summed E-state index contributed by atoms with van der Waals surface area (Å²) in [6.07, 6.45) is 2.23. The van der Waals surface area contributed by atoms with Gasteiger partial charge in [-0.15, -0.1) is 0 Å². The number of hydrogen-bond acceptors (Lipinski definition) is 4. The van der Waals surface area contributed by atoms with Gasteiger partial charge in [-0.2, -0.15) is 5.10 Å². The van der Waals surface area contributed by atoms with Gasteiger partial charge in [0, 0.05) is 17.8 Å². The lowest BCUT2D eigenvalue weighted by molar-refractivity contribution is -0.122. The maximum atomic E-state index is 12.0. The van der Waals surface area contributed by atoms with Gasteiger partial charge in [-0.1, -0.05) is 30.3 Å². The maximum Gasteiger partial charge on any atom is 0.241 e. The molecule has 1 aliphatic heterocycles. The van der Waals surface area contributed by atoms with Gasteiger partial charge in [0.05, 0.1) is 17.2 Å². The van der Waals surface area contributed by atoms with Gasteiger partial charge in [0.1, 0.15) is 6.54 Å². The molecule has 3 rings (SSSR count). The lowest BCUT2D eigenvalue weighted by Gasteiger charge is -2.10. The number of hydrogen-bond donors (Lipinski definition) is 1. The molecule has 0 radical (unpaired) electrons. The summed E-state index contributed by atoms with van der Waals surface area (Å²) in [4.78, 5) is 12.0. The normalized spacial score (nSPS) is 19.9. The summed E-state index contributed by atoms with van der Waals surface area (Å²) in [5.74, 6) is -0.0323. The molecular weight excluding hydrogens is 302 g/mol. The number of carbonyl (C=O) groups is 1. The highest BCUT2D eigenvalue weighted by Crippen LogP contribution is 2.16. The number of aromatic nitrogens is 2. The van der Waals surface area contributed by atoms with Crippen LogP contribution in [0.4, 0.5) is 0 Å². The first kappa shape index (κ1) is 14.8. The van der Waals surface area contributed by atoms with Crippen molar-refractivity contribution in [3.8, 4) is 11.3 Å². The summed E-state index contributed by atoms with van der Waals surface area (Å²) < 4.78 is 24.3. The van der Waals surface area contributed by atoms with Gasteiger partial charge in [-0.3, -0.25) is 9.48 Å². The van der Waals surface area contributed by atoms with Gasteiger partial charge < -0.3 is 5.32 Å². The first-order valence-electron chi connectivity index (χ1n) is 7.10. The fraction of sp³-hybridized carbons (Fsp3) is 0.333. The van der Waals surface area contributed by atoms with Gasteiger partial charge in [0.25, 0.3) is 0 Å².